The van der Waals surface area contributed by atoms with Crippen molar-refractivity contribution < 1.29 is 0 Å². The van der Waals surface area contributed by atoms with E-state index in [1.165, 1.54) is 44.2 Å². The fourth-order valence-electron chi connectivity index (χ4n) is 3.74. The summed E-state index contributed by atoms with van der Waals surface area (Å²) in [5.41, 5.74) is 8.57. The number of fused-ring (bicyclic) bond motifs is 1. The summed E-state index contributed by atoms with van der Waals surface area (Å²) < 4.78 is 0. The zero-order chi connectivity index (χ0) is 19.6. The topological polar surface area (TPSA) is 12.9 Å². The maximum atomic E-state index is 4.21. The minimum Gasteiger partial charge on any atom is -0.264 e. The van der Waals surface area contributed by atoms with Gasteiger partial charge in [0.05, 0.1) is 0 Å². The average molecular weight is 371 g/mol. The fourth-order valence-corrected chi connectivity index (χ4v) is 3.74. The van der Waals surface area contributed by atoms with E-state index in [1.54, 1.807) is 6.20 Å². The van der Waals surface area contributed by atoms with Gasteiger partial charge < -0.3 is 0 Å². The van der Waals surface area contributed by atoms with Crippen LogP contribution in [0.25, 0.3) is 44.2 Å². The second-order valence-electron chi connectivity index (χ2n) is 7.46. The molecule has 5 aromatic rings. The lowest BCUT2D eigenvalue weighted by molar-refractivity contribution is 1.33. The summed E-state index contributed by atoms with van der Waals surface area (Å²) in [6, 6.07) is 34.9. The molecule has 0 aliphatic carbocycles. The van der Waals surface area contributed by atoms with Crippen molar-refractivity contribution in [1.82, 2.24) is 4.98 Å². The molecule has 0 fully saturated rings. The predicted octanol–water partition coefficient (Wildman–Crippen LogP) is 7.54. The van der Waals surface area contributed by atoms with Crippen LogP contribution in [-0.4, -0.2) is 4.98 Å². The second-order valence-corrected chi connectivity index (χ2v) is 7.46. The minimum absolute atomic E-state index is 1.14. The molecule has 0 atom stereocenters. The van der Waals surface area contributed by atoms with E-state index < -0.39 is 0 Å². The van der Waals surface area contributed by atoms with Crippen LogP contribution in [0.4, 0.5) is 0 Å². The molecule has 0 N–H and O–H groups in total. The third-order valence-electron chi connectivity index (χ3n) is 5.44. The van der Waals surface area contributed by atoms with Crippen LogP contribution in [0.3, 0.4) is 0 Å². The van der Waals surface area contributed by atoms with Gasteiger partial charge in [0.25, 0.3) is 0 Å². The highest BCUT2D eigenvalue weighted by Crippen LogP contribution is 2.30. The van der Waals surface area contributed by atoms with Crippen LogP contribution in [0.15, 0.2) is 109 Å². The summed E-state index contributed by atoms with van der Waals surface area (Å²) >= 11 is 0. The molecule has 1 heterocycles. The Morgan fingerprint density at radius 3 is 1.55 bits per heavy atom. The molecule has 0 unspecified atom stereocenters. The SMILES string of the molecule is Cc1ccc(-c2ccc3ccc(-c4ccc(-c5cccnc5)cc4)cc3c2)cc1. The van der Waals surface area contributed by atoms with E-state index in [0.717, 1.165) is 5.56 Å². The van der Waals surface area contributed by atoms with Gasteiger partial charge >= 0.3 is 0 Å². The summed E-state index contributed by atoms with van der Waals surface area (Å²) in [5.74, 6) is 0. The number of aromatic nitrogens is 1. The van der Waals surface area contributed by atoms with Crippen molar-refractivity contribution in [2.45, 2.75) is 6.92 Å². The maximum Gasteiger partial charge on any atom is 0.0346 e. The molecular weight excluding hydrogens is 350 g/mol. The molecule has 138 valence electrons. The van der Waals surface area contributed by atoms with Crippen molar-refractivity contribution in [2.24, 2.45) is 0 Å². The molecule has 0 spiro atoms. The summed E-state index contributed by atoms with van der Waals surface area (Å²) in [6.45, 7) is 2.12. The van der Waals surface area contributed by atoms with Gasteiger partial charge in [-0.2, -0.15) is 0 Å². The van der Waals surface area contributed by atoms with E-state index >= 15 is 0 Å². The summed E-state index contributed by atoms with van der Waals surface area (Å²) in [6.07, 6.45) is 3.70. The Morgan fingerprint density at radius 1 is 0.483 bits per heavy atom. The Kier molecular flexibility index (Phi) is 4.42. The molecule has 0 amide bonds. The maximum absolute atomic E-state index is 4.21. The van der Waals surface area contributed by atoms with Gasteiger partial charge in [-0.1, -0.05) is 84.4 Å². The zero-order valence-electron chi connectivity index (χ0n) is 16.3. The molecule has 0 bridgehead atoms. The van der Waals surface area contributed by atoms with Gasteiger partial charge in [0.15, 0.2) is 0 Å². The van der Waals surface area contributed by atoms with Crippen LogP contribution in [0.1, 0.15) is 5.56 Å². The van der Waals surface area contributed by atoms with Gasteiger partial charge in [-0.25, -0.2) is 0 Å². The molecule has 0 saturated heterocycles. The van der Waals surface area contributed by atoms with E-state index in [2.05, 4.69) is 103 Å². The molecular formula is C28H21N. The van der Waals surface area contributed by atoms with E-state index in [-0.39, 0.29) is 0 Å². The fraction of sp³-hybridized carbons (Fsp3) is 0.0357. The molecule has 4 aromatic carbocycles. The molecule has 0 saturated carbocycles. The normalized spacial score (nSPS) is 10.9. The van der Waals surface area contributed by atoms with Crippen LogP contribution in [0.2, 0.25) is 0 Å². The lowest BCUT2D eigenvalue weighted by atomic mass is 9.96. The molecule has 1 nitrogen and oxygen atoms in total. The number of benzene rings is 4. The molecule has 1 heteroatoms. The number of hydrogen-bond acceptors (Lipinski definition) is 1. The largest absolute Gasteiger partial charge is 0.264 e. The van der Waals surface area contributed by atoms with Gasteiger partial charge in [-0.05, 0) is 69.3 Å². The smallest absolute Gasteiger partial charge is 0.0346 e. The third-order valence-corrected chi connectivity index (χ3v) is 5.44. The number of nitrogens with zero attached hydrogens (tertiary/aromatic N) is 1. The van der Waals surface area contributed by atoms with Gasteiger partial charge in [-0.3, -0.25) is 4.98 Å². The Morgan fingerprint density at radius 2 is 1.00 bits per heavy atom. The molecule has 29 heavy (non-hydrogen) atoms. The quantitative estimate of drug-likeness (QED) is 0.319. The van der Waals surface area contributed by atoms with Gasteiger partial charge in [0.1, 0.15) is 0 Å². The third kappa shape index (κ3) is 3.55. The monoisotopic (exact) mass is 371 g/mol. The van der Waals surface area contributed by atoms with Gasteiger partial charge in [0.2, 0.25) is 0 Å². The first-order valence-corrected chi connectivity index (χ1v) is 9.88. The van der Waals surface area contributed by atoms with Crippen LogP contribution in [0.5, 0.6) is 0 Å². The second kappa shape index (κ2) is 7.37. The summed E-state index contributed by atoms with van der Waals surface area (Å²) in [4.78, 5) is 4.21. The number of pyridine rings is 1. The first-order valence-electron chi connectivity index (χ1n) is 9.88. The summed E-state index contributed by atoms with van der Waals surface area (Å²) in [5, 5.41) is 2.52. The lowest BCUT2D eigenvalue weighted by Gasteiger charge is -2.08. The van der Waals surface area contributed by atoms with E-state index in [4.69, 9.17) is 0 Å². The van der Waals surface area contributed by atoms with E-state index in [1.807, 2.05) is 12.3 Å². The zero-order valence-corrected chi connectivity index (χ0v) is 16.3. The van der Waals surface area contributed by atoms with E-state index in [0.29, 0.717) is 0 Å². The van der Waals surface area contributed by atoms with Gasteiger partial charge in [0, 0.05) is 12.4 Å². The van der Waals surface area contributed by atoms with Crippen molar-refractivity contribution >= 4 is 10.8 Å². The van der Waals surface area contributed by atoms with Crippen LogP contribution < -0.4 is 0 Å². The Balaban J connectivity index is 1.51. The summed E-state index contributed by atoms with van der Waals surface area (Å²) in [7, 11) is 0. The number of rotatable bonds is 3. The minimum atomic E-state index is 1.14. The standard InChI is InChI=1S/C28H21N/c1-20-4-6-21(7-5-20)25-14-12-24-13-15-26(18-28(24)17-25)22-8-10-23(11-9-22)27-3-2-16-29-19-27/h2-19H,1H3. The van der Waals surface area contributed by atoms with Crippen LogP contribution in [-0.2, 0) is 0 Å². The molecule has 0 radical (unpaired) electrons. The first kappa shape index (κ1) is 17.4. The van der Waals surface area contributed by atoms with Crippen molar-refractivity contribution in [1.29, 1.82) is 0 Å². The predicted molar refractivity (Wildman–Crippen MR) is 123 cm³/mol. The molecule has 0 aliphatic heterocycles. The Hall–Kier alpha value is -3.71. The first-order chi connectivity index (χ1) is 14.3. The van der Waals surface area contributed by atoms with Gasteiger partial charge in [-0.15, -0.1) is 0 Å². The van der Waals surface area contributed by atoms with Crippen molar-refractivity contribution in [3.8, 4) is 33.4 Å². The average Bonchev–Trinajstić information content (AvgIpc) is 2.79. The highest BCUT2D eigenvalue weighted by Gasteiger charge is 2.04. The Bertz CT molecular complexity index is 1270. The van der Waals surface area contributed by atoms with Crippen molar-refractivity contribution in [3.05, 3.63) is 115 Å². The lowest BCUT2D eigenvalue weighted by Crippen LogP contribution is -1.83. The van der Waals surface area contributed by atoms with Crippen molar-refractivity contribution in [3.63, 3.8) is 0 Å². The van der Waals surface area contributed by atoms with Crippen LogP contribution >= 0.6 is 0 Å². The van der Waals surface area contributed by atoms with Crippen molar-refractivity contribution in [2.75, 3.05) is 0 Å². The highest BCUT2D eigenvalue weighted by atomic mass is 14.6. The molecule has 0 aliphatic rings. The highest BCUT2D eigenvalue weighted by molar-refractivity contribution is 5.91. The number of aryl methyl sites for hydroxylation is 1. The molecule has 1 aromatic heterocycles. The Labute approximate surface area is 171 Å². The van der Waals surface area contributed by atoms with E-state index in [9.17, 15) is 0 Å². The number of hydrogen-bond donors (Lipinski definition) is 0. The molecule has 5 rings (SSSR count). The van der Waals surface area contributed by atoms with Crippen LogP contribution in [0, 0.1) is 6.92 Å².